The van der Waals surface area contributed by atoms with Gasteiger partial charge in [-0.25, -0.2) is 0 Å². The number of benzene rings is 1. The van der Waals surface area contributed by atoms with E-state index in [-0.39, 0.29) is 5.91 Å². The van der Waals surface area contributed by atoms with Crippen LogP contribution in [0.3, 0.4) is 0 Å². The van der Waals surface area contributed by atoms with E-state index in [2.05, 4.69) is 5.32 Å². The molecule has 1 amide bonds. The van der Waals surface area contributed by atoms with Crippen molar-refractivity contribution in [2.45, 2.75) is 32.2 Å². The molecule has 1 saturated carbocycles. The summed E-state index contributed by atoms with van der Waals surface area (Å²) in [6.07, 6.45) is 4.25. The minimum Gasteiger partial charge on any atom is -0.356 e. The number of hydrogen-bond donors (Lipinski definition) is 2. The van der Waals surface area contributed by atoms with Gasteiger partial charge in [0.2, 0.25) is 5.91 Å². The summed E-state index contributed by atoms with van der Waals surface area (Å²) in [5.41, 5.74) is 7.74. The van der Waals surface area contributed by atoms with Crippen LogP contribution in [0.5, 0.6) is 0 Å². The van der Waals surface area contributed by atoms with Gasteiger partial charge in [-0.1, -0.05) is 37.1 Å². The molecule has 3 nitrogen and oxygen atoms in total. The molecule has 17 heavy (non-hydrogen) atoms. The molecule has 0 saturated heterocycles. The first-order chi connectivity index (χ1) is 8.29. The van der Waals surface area contributed by atoms with Crippen LogP contribution in [0, 0.1) is 5.92 Å². The van der Waals surface area contributed by atoms with Gasteiger partial charge in [-0.2, -0.15) is 0 Å². The molecule has 92 valence electrons. The highest BCUT2D eigenvalue weighted by Crippen LogP contribution is 2.31. The second-order valence-electron chi connectivity index (χ2n) is 4.73. The topological polar surface area (TPSA) is 55.1 Å². The average Bonchev–Trinajstić information content (AvgIpc) is 3.14. The van der Waals surface area contributed by atoms with Gasteiger partial charge in [-0.3, -0.25) is 4.79 Å². The maximum Gasteiger partial charge on any atom is 0.224 e. The van der Waals surface area contributed by atoms with Gasteiger partial charge in [-0.05, 0) is 23.5 Å². The first-order valence-electron chi connectivity index (χ1n) is 6.33. The summed E-state index contributed by atoms with van der Waals surface area (Å²) in [6, 6.07) is 7.86. The van der Waals surface area contributed by atoms with Crippen molar-refractivity contribution in [1.29, 1.82) is 0 Å². The Kier molecular flexibility index (Phi) is 4.15. The molecule has 0 atom stereocenters. The highest BCUT2D eigenvalue weighted by Gasteiger charge is 2.20. The number of nitrogens with two attached hydrogens (primary N) is 1. The number of amides is 1. The van der Waals surface area contributed by atoms with E-state index in [0.29, 0.717) is 13.0 Å². The molecule has 0 heterocycles. The first-order valence-corrected chi connectivity index (χ1v) is 6.33. The molecule has 0 spiro atoms. The molecule has 1 fully saturated rings. The fourth-order valence-corrected chi connectivity index (χ4v) is 1.99. The van der Waals surface area contributed by atoms with E-state index in [1.165, 1.54) is 12.8 Å². The molecule has 0 aliphatic heterocycles. The van der Waals surface area contributed by atoms with E-state index < -0.39 is 0 Å². The maximum atomic E-state index is 11.7. The van der Waals surface area contributed by atoms with Crippen molar-refractivity contribution in [2.75, 3.05) is 6.54 Å². The Balaban J connectivity index is 1.79. The number of nitrogens with one attached hydrogen (secondary N) is 1. The minimum atomic E-state index is 0.103. The molecule has 1 aliphatic carbocycles. The zero-order valence-corrected chi connectivity index (χ0v) is 10.1. The van der Waals surface area contributed by atoms with E-state index in [9.17, 15) is 4.79 Å². The molecule has 0 bridgehead atoms. The van der Waals surface area contributed by atoms with Crippen molar-refractivity contribution in [3.8, 4) is 0 Å². The lowest BCUT2D eigenvalue weighted by atomic mass is 10.0. The van der Waals surface area contributed by atoms with Crippen molar-refractivity contribution >= 4 is 5.91 Å². The third kappa shape index (κ3) is 3.86. The summed E-state index contributed by atoms with van der Waals surface area (Å²) in [4.78, 5) is 11.7. The quantitative estimate of drug-likeness (QED) is 0.783. The lowest BCUT2D eigenvalue weighted by Gasteiger charge is -2.08. The lowest BCUT2D eigenvalue weighted by Crippen LogP contribution is -2.26. The van der Waals surface area contributed by atoms with Crippen LogP contribution in [-0.2, 0) is 17.8 Å². The Bertz CT molecular complexity index is 386. The molecule has 1 aromatic carbocycles. The van der Waals surface area contributed by atoms with E-state index >= 15 is 0 Å². The van der Waals surface area contributed by atoms with Crippen LogP contribution in [0.25, 0.3) is 0 Å². The molecule has 1 aliphatic rings. The van der Waals surface area contributed by atoms with Gasteiger partial charge >= 0.3 is 0 Å². The normalized spacial score (nSPS) is 14.6. The molecule has 3 N–H and O–H groups in total. The molecule has 0 radical (unpaired) electrons. The largest absolute Gasteiger partial charge is 0.356 e. The highest BCUT2D eigenvalue weighted by atomic mass is 16.1. The SMILES string of the molecule is NCc1ccccc1CC(=O)NCCC1CC1. The predicted octanol–water partition coefficient (Wildman–Crippen LogP) is 1.60. The van der Waals surface area contributed by atoms with Crippen molar-refractivity contribution in [3.05, 3.63) is 35.4 Å². The molecule has 3 heteroatoms. The summed E-state index contributed by atoms with van der Waals surface area (Å²) in [7, 11) is 0. The number of carbonyl (C=O) groups is 1. The monoisotopic (exact) mass is 232 g/mol. The minimum absolute atomic E-state index is 0.103. The summed E-state index contributed by atoms with van der Waals surface area (Å²) in [5, 5.41) is 2.97. The summed E-state index contributed by atoms with van der Waals surface area (Å²) >= 11 is 0. The van der Waals surface area contributed by atoms with Crippen LogP contribution in [-0.4, -0.2) is 12.5 Å². The van der Waals surface area contributed by atoms with Crippen molar-refractivity contribution in [2.24, 2.45) is 11.7 Å². The van der Waals surface area contributed by atoms with E-state index in [4.69, 9.17) is 5.73 Å². The van der Waals surface area contributed by atoms with Gasteiger partial charge in [-0.15, -0.1) is 0 Å². The standard InChI is InChI=1S/C14H20N2O/c15-10-13-4-2-1-3-12(13)9-14(17)16-8-7-11-5-6-11/h1-4,11H,5-10,15H2,(H,16,17). The maximum absolute atomic E-state index is 11.7. The zero-order chi connectivity index (χ0) is 12.1. The van der Waals surface area contributed by atoms with Gasteiger partial charge in [0.1, 0.15) is 0 Å². The van der Waals surface area contributed by atoms with E-state index in [1.807, 2.05) is 24.3 Å². The Morgan fingerprint density at radius 2 is 2.00 bits per heavy atom. The van der Waals surface area contributed by atoms with Crippen LogP contribution < -0.4 is 11.1 Å². The van der Waals surface area contributed by atoms with E-state index in [1.54, 1.807) is 0 Å². The molecular formula is C14H20N2O. The van der Waals surface area contributed by atoms with Crippen molar-refractivity contribution in [1.82, 2.24) is 5.32 Å². The fourth-order valence-electron chi connectivity index (χ4n) is 1.99. The van der Waals surface area contributed by atoms with E-state index in [0.717, 1.165) is 30.0 Å². The Labute approximate surface area is 102 Å². The third-order valence-corrected chi connectivity index (χ3v) is 3.26. The number of carbonyl (C=O) groups excluding carboxylic acids is 1. The lowest BCUT2D eigenvalue weighted by molar-refractivity contribution is -0.120. The fraction of sp³-hybridized carbons (Fsp3) is 0.500. The van der Waals surface area contributed by atoms with Gasteiger partial charge in [0.15, 0.2) is 0 Å². The second-order valence-corrected chi connectivity index (χ2v) is 4.73. The zero-order valence-electron chi connectivity index (χ0n) is 10.1. The summed E-state index contributed by atoms with van der Waals surface area (Å²) in [6.45, 7) is 1.31. The Hall–Kier alpha value is -1.35. The number of hydrogen-bond acceptors (Lipinski definition) is 2. The number of rotatable bonds is 6. The van der Waals surface area contributed by atoms with Crippen LogP contribution in [0.1, 0.15) is 30.4 Å². The van der Waals surface area contributed by atoms with Crippen LogP contribution in [0.2, 0.25) is 0 Å². The summed E-state index contributed by atoms with van der Waals surface area (Å²) in [5.74, 6) is 0.971. The van der Waals surface area contributed by atoms with Gasteiger partial charge in [0.05, 0.1) is 6.42 Å². The molecular weight excluding hydrogens is 212 g/mol. The van der Waals surface area contributed by atoms with Gasteiger partial charge in [0, 0.05) is 13.1 Å². The molecule has 1 aromatic rings. The molecule has 2 rings (SSSR count). The summed E-state index contributed by atoms with van der Waals surface area (Å²) < 4.78 is 0. The van der Waals surface area contributed by atoms with Crippen molar-refractivity contribution in [3.63, 3.8) is 0 Å². The molecule has 0 unspecified atom stereocenters. The highest BCUT2D eigenvalue weighted by molar-refractivity contribution is 5.78. The van der Waals surface area contributed by atoms with Crippen LogP contribution >= 0.6 is 0 Å². The second kappa shape index (κ2) is 5.82. The predicted molar refractivity (Wildman–Crippen MR) is 68.4 cm³/mol. The van der Waals surface area contributed by atoms with Crippen molar-refractivity contribution < 1.29 is 4.79 Å². The van der Waals surface area contributed by atoms with Gasteiger partial charge < -0.3 is 11.1 Å². The Morgan fingerprint density at radius 3 is 2.65 bits per heavy atom. The third-order valence-electron chi connectivity index (χ3n) is 3.26. The first kappa shape index (κ1) is 12.1. The van der Waals surface area contributed by atoms with Gasteiger partial charge in [0.25, 0.3) is 0 Å². The Morgan fingerprint density at radius 1 is 1.29 bits per heavy atom. The average molecular weight is 232 g/mol. The van der Waals surface area contributed by atoms with Crippen LogP contribution in [0.15, 0.2) is 24.3 Å². The smallest absolute Gasteiger partial charge is 0.224 e. The molecule has 0 aromatic heterocycles. The van der Waals surface area contributed by atoms with Crippen LogP contribution in [0.4, 0.5) is 0 Å².